The summed E-state index contributed by atoms with van der Waals surface area (Å²) in [4.78, 5) is 17.9. The second-order valence-corrected chi connectivity index (χ2v) is 8.39. The maximum Gasteiger partial charge on any atom is 0.416 e. The summed E-state index contributed by atoms with van der Waals surface area (Å²) < 4.78 is 52.6. The Morgan fingerprint density at radius 3 is 2.47 bits per heavy atom. The number of aliphatic hydroxyl groups excluding tert-OH is 1. The number of halogens is 4. The Balaban J connectivity index is 1.39. The van der Waals surface area contributed by atoms with E-state index in [0.717, 1.165) is 6.07 Å². The Hall–Kier alpha value is -4.43. The first-order chi connectivity index (χ1) is 18.2. The van der Waals surface area contributed by atoms with Gasteiger partial charge < -0.3 is 5.11 Å². The van der Waals surface area contributed by atoms with Crippen LogP contribution in [0.25, 0.3) is 11.4 Å². The Bertz CT molecular complexity index is 1490. The monoisotopic (exact) mass is 523 g/mol. The van der Waals surface area contributed by atoms with E-state index in [0.29, 0.717) is 53.2 Å². The molecule has 0 unspecified atom stereocenters. The zero-order valence-corrected chi connectivity index (χ0v) is 19.9. The van der Waals surface area contributed by atoms with Crippen molar-refractivity contribution in [2.45, 2.75) is 32.0 Å². The van der Waals surface area contributed by atoms with Gasteiger partial charge in [-0.25, -0.2) is 4.39 Å². The number of carbonyl (C=O) groups is 1. The Labute approximate surface area is 215 Å². The number of hydrogen-bond acceptors (Lipinski definition) is 6. The zero-order chi connectivity index (χ0) is 27.1. The lowest BCUT2D eigenvalue weighted by atomic mass is 10.00. The predicted octanol–water partition coefficient (Wildman–Crippen LogP) is 4.03. The van der Waals surface area contributed by atoms with Crippen molar-refractivity contribution in [3.05, 3.63) is 94.6 Å². The molecule has 11 heteroatoms. The molecule has 2 aromatic carbocycles. The number of Topliss-reactive ketones (excluding diaryl/α,β-unsaturated/α-hetero) is 1. The zero-order valence-electron chi connectivity index (χ0n) is 19.9. The molecule has 4 aromatic rings. The average Bonchev–Trinajstić information content (AvgIpc) is 3.37. The fraction of sp³-hybridized carbons (Fsp3) is 0.222. The standard InChI is InChI=1S/C27H21F4N5O2/c28-25-9-8-23(27(29,30)31)14-21(25)15-24(38)13-19-5-2-18(3-6-19)4-7-20-12-22(17-32-16-20)26-33-35-36(34-26)10-1-11-37/h2-3,5-6,8-9,12,14,16-17,37H,1,10-11,13,15H2. The highest BCUT2D eigenvalue weighted by Gasteiger charge is 2.31. The van der Waals surface area contributed by atoms with E-state index in [1.165, 1.54) is 4.80 Å². The van der Waals surface area contributed by atoms with Crippen LogP contribution in [0.3, 0.4) is 0 Å². The molecule has 0 aliphatic heterocycles. The normalized spacial score (nSPS) is 11.2. The van der Waals surface area contributed by atoms with Gasteiger partial charge in [-0.05, 0) is 59.2 Å². The molecule has 0 saturated heterocycles. The molecule has 0 aliphatic carbocycles. The number of ketones is 1. The molecule has 2 heterocycles. The number of tetrazole rings is 1. The van der Waals surface area contributed by atoms with E-state index in [9.17, 15) is 22.4 Å². The highest BCUT2D eigenvalue weighted by atomic mass is 19.4. The first kappa shape index (κ1) is 26.6. The molecule has 0 bridgehead atoms. The number of aromatic nitrogens is 5. The van der Waals surface area contributed by atoms with Gasteiger partial charge in [0, 0.05) is 48.5 Å². The molecule has 194 valence electrons. The first-order valence-corrected chi connectivity index (χ1v) is 11.5. The number of alkyl halides is 3. The van der Waals surface area contributed by atoms with Crippen LogP contribution in [0.2, 0.25) is 0 Å². The van der Waals surface area contributed by atoms with Crippen molar-refractivity contribution < 1.29 is 27.5 Å². The molecule has 7 nitrogen and oxygen atoms in total. The van der Waals surface area contributed by atoms with Crippen LogP contribution in [-0.4, -0.2) is 42.7 Å². The molecule has 0 amide bonds. The molecule has 0 atom stereocenters. The van der Waals surface area contributed by atoms with E-state index >= 15 is 0 Å². The number of carbonyl (C=O) groups excluding carboxylic acids is 1. The van der Waals surface area contributed by atoms with E-state index < -0.39 is 29.8 Å². The highest BCUT2D eigenvalue weighted by molar-refractivity contribution is 5.83. The van der Waals surface area contributed by atoms with Gasteiger partial charge in [0.1, 0.15) is 11.6 Å². The quantitative estimate of drug-likeness (QED) is 0.277. The molecule has 1 N–H and O–H groups in total. The van der Waals surface area contributed by atoms with E-state index in [1.807, 2.05) is 0 Å². The topological polar surface area (TPSA) is 93.8 Å². The van der Waals surface area contributed by atoms with Crippen LogP contribution < -0.4 is 0 Å². The van der Waals surface area contributed by atoms with Gasteiger partial charge in [-0.1, -0.05) is 24.0 Å². The predicted molar refractivity (Wildman–Crippen MR) is 129 cm³/mol. The Kier molecular flexibility index (Phi) is 8.23. The third-order valence-corrected chi connectivity index (χ3v) is 5.43. The number of hydrogen-bond donors (Lipinski definition) is 1. The van der Waals surface area contributed by atoms with Crippen molar-refractivity contribution in [2.75, 3.05) is 6.61 Å². The first-order valence-electron chi connectivity index (χ1n) is 11.5. The third-order valence-electron chi connectivity index (χ3n) is 5.43. The van der Waals surface area contributed by atoms with Crippen LogP contribution in [0.5, 0.6) is 0 Å². The summed E-state index contributed by atoms with van der Waals surface area (Å²) in [6, 6.07) is 10.6. The molecule has 0 spiro atoms. The number of rotatable bonds is 8. The van der Waals surface area contributed by atoms with E-state index in [2.05, 4.69) is 32.2 Å². The number of benzene rings is 2. The maximum atomic E-state index is 13.9. The van der Waals surface area contributed by atoms with Gasteiger partial charge >= 0.3 is 6.18 Å². The van der Waals surface area contributed by atoms with Crippen molar-refractivity contribution in [1.29, 1.82) is 0 Å². The molecule has 38 heavy (non-hydrogen) atoms. The molecule has 2 aromatic heterocycles. The lowest BCUT2D eigenvalue weighted by molar-refractivity contribution is -0.137. The van der Waals surface area contributed by atoms with Crippen molar-refractivity contribution in [1.82, 2.24) is 25.2 Å². The minimum Gasteiger partial charge on any atom is -0.396 e. The molecule has 0 fully saturated rings. The fourth-order valence-electron chi connectivity index (χ4n) is 3.54. The smallest absolute Gasteiger partial charge is 0.396 e. The summed E-state index contributed by atoms with van der Waals surface area (Å²) in [5.74, 6) is 5.13. The number of aliphatic hydroxyl groups is 1. The van der Waals surface area contributed by atoms with Crippen LogP contribution >= 0.6 is 0 Å². The van der Waals surface area contributed by atoms with Crippen LogP contribution in [0.15, 0.2) is 60.9 Å². The van der Waals surface area contributed by atoms with Crippen LogP contribution in [0, 0.1) is 17.7 Å². The SMILES string of the molecule is O=C(Cc1ccc(C#Cc2cncc(-c3nnn(CCCO)n3)c2)cc1)Cc1cc(C(F)(F)F)ccc1F. The summed E-state index contributed by atoms with van der Waals surface area (Å²) in [6.45, 7) is 0.473. The van der Waals surface area contributed by atoms with Crippen LogP contribution in [0.1, 0.15) is 34.2 Å². The van der Waals surface area contributed by atoms with E-state index in [-0.39, 0.29) is 18.6 Å². The van der Waals surface area contributed by atoms with Gasteiger partial charge in [-0.15, -0.1) is 10.2 Å². The van der Waals surface area contributed by atoms with Gasteiger partial charge in [0.25, 0.3) is 0 Å². The number of nitrogens with zero attached hydrogens (tertiary/aromatic N) is 5. The van der Waals surface area contributed by atoms with Crippen molar-refractivity contribution in [2.24, 2.45) is 0 Å². The Morgan fingerprint density at radius 1 is 0.974 bits per heavy atom. The van der Waals surface area contributed by atoms with E-state index in [1.54, 1.807) is 42.7 Å². The lowest BCUT2D eigenvalue weighted by Gasteiger charge is -2.09. The summed E-state index contributed by atoms with van der Waals surface area (Å²) in [5, 5.41) is 21.1. The van der Waals surface area contributed by atoms with Gasteiger partial charge in [0.2, 0.25) is 5.82 Å². The second kappa shape index (κ2) is 11.7. The van der Waals surface area contributed by atoms with Gasteiger partial charge in [0.15, 0.2) is 0 Å². The Morgan fingerprint density at radius 2 is 1.74 bits per heavy atom. The van der Waals surface area contributed by atoms with Gasteiger partial charge in [0.05, 0.1) is 12.1 Å². The van der Waals surface area contributed by atoms with Crippen LogP contribution in [-0.2, 0) is 30.4 Å². The molecule has 0 aliphatic rings. The largest absolute Gasteiger partial charge is 0.416 e. The molecule has 0 radical (unpaired) electrons. The fourth-order valence-corrected chi connectivity index (χ4v) is 3.54. The van der Waals surface area contributed by atoms with Crippen molar-refractivity contribution >= 4 is 5.78 Å². The summed E-state index contributed by atoms with van der Waals surface area (Å²) in [7, 11) is 0. The van der Waals surface area contributed by atoms with Gasteiger partial charge in [-0.2, -0.15) is 18.0 Å². The second-order valence-electron chi connectivity index (χ2n) is 8.39. The highest BCUT2D eigenvalue weighted by Crippen LogP contribution is 2.30. The summed E-state index contributed by atoms with van der Waals surface area (Å²) in [5.41, 5.74) is 1.28. The molecular formula is C27H21F4N5O2. The van der Waals surface area contributed by atoms with Crippen molar-refractivity contribution in [3.8, 4) is 23.2 Å². The minimum atomic E-state index is -4.61. The summed E-state index contributed by atoms with van der Waals surface area (Å²) in [6.07, 6.45) is -1.41. The van der Waals surface area contributed by atoms with Crippen molar-refractivity contribution in [3.63, 3.8) is 0 Å². The molecule has 0 saturated carbocycles. The maximum absolute atomic E-state index is 13.9. The summed E-state index contributed by atoms with van der Waals surface area (Å²) >= 11 is 0. The minimum absolute atomic E-state index is 0.0284. The molecule has 4 rings (SSSR count). The average molecular weight is 523 g/mol. The van der Waals surface area contributed by atoms with Crippen LogP contribution in [0.4, 0.5) is 17.6 Å². The number of aryl methyl sites for hydroxylation is 1. The molecular weight excluding hydrogens is 502 g/mol. The lowest BCUT2D eigenvalue weighted by Crippen LogP contribution is -2.11. The third kappa shape index (κ3) is 7.08. The van der Waals surface area contributed by atoms with Gasteiger partial charge in [-0.3, -0.25) is 9.78 Å². The van der Waals surface area contributed by atoms with E-state index in [4.69, 9.17) is 5.11 Å². The number of pyridine rings is 1.